The molecule has 0 aromatic rings. The van der Waals surface area contributed by atoms with E-state index in [0.29, 0.717) is 6.42 Å². The maximum absolute atomic E-state index is 12.5. The molecule has 4 N–H and O–H groups in total. The van der Waals surface area contributed by atoms with E-state index in [2.05, 4.69) is 43.5 Å². The molecule has 1 amide bonds. The van der Waals surface area contributed by atoms with Crippen LogP contribution in [0.15, 0.2) is 36.5 Å². The highest BCUT2D eigenvalue weighted by Crippen LogP contribution is 2.17. The molecular weight excluding hydrogens is 751 g/mol. The van der Waals surface area contributed by atoms with Gasteiger partial charge in [-0.25, -0.2) is 0 Å². The van der Waals surface area contributed by atoms with Gasteiger partial charge in [0, 0.05) is 0 Å². The number of carbonyl (C=O) groups excluding carboxylic acids is 1. The Bertz CT molecular complexity index is 947. The zero-order chi connectivity index (χ0) is 44.4. The molecule has 3 atom stereocenters. The topological polar surface area (TPSA) is 89.8 Å². The van der Waals surface area contributed by atoms with Gasteiger partial charge in [0.05, 0.1) is 31.3 Å². The maximum Gasteiger partial charge on any atom is 0.222 e. The van der Waals surface area contributed by atoms with E-state index < -0.39 is 18.2 Å². The normalized spacial score (nSPS) is 13.6. The second-order valence-electron chi connectivity index (χ2n) is 18.8. The third-order valence-electron chi connectivity index (χ3n) is 12.6. The van der Waals surface area contributed by atoms with E-state index in [9.17, 15) is 20.1 Å². The van der Waals surface area contributed by atoms with Gasteiger partial charge in [0.1, 0.15) is 0 Å². The lowest BCUT2D eigenvalue weighted by atomic mass is 10.0. The van der Waals surface area contributed by atoms with E-state index in [0.717, 1.165) is 32.1 Å². The lowest BCUT2D eigenvalue weighted by Crippen LogP contribution is -2.45. The summed E-state index contributed by atoms with van der Waals surface area (Å²) in [7, 11) is 0. The van der Waals surface area contributed by atoms with Crippen molar-refractivity contribution in [2.45, 2.75) is 308 Å². The van der Waals surface area contributed by atoms with Crippen LogP contribution in [-0.4, -0.2) is 46.1 Å². The molecule has 0 heterocycles. The highest BCUT2D eigenvalue weighted by Gasteiger charge is 2.20. The van der Waals surface area contributed by atoms with Crippen molar-refractivity contribution in [3.63, 3.8) is 0 Å². The van der Waals surface area contributed by atoms with E-state index in [1.807, 2.05) is 6.08 Å². The number of aliphatic hydroxyl groups excluding tert-OH is 3. The number of rotatable bonds is 50. The van der Waals surface area contributed by atoms with Gasteiger partial charge in [0.25, 0.3) is 0 Å². The van der Waals surface area contributed by atoms with Crippen molar-refractivity contribution < 1.29 is 20.1 Å². The van der Waals surface area contributed by atoms with Gasteiger partial charge < -0.3 is 20.6 Å². The van der Waals surface area contributed by atoms with Crippen molar-refractivity contribution in [2.75, 3.05) is 6.61 Å². The van der Waals surface area contributed by atoms with Crippen LogP contribution < -0.4 is 5.32 Å². The Labute approximate surface area is 381 Å². The predicted molar refractivity (Wildman–Crippen MR) is 268 cm³/mol. The van der Waals surface area contributed by atoms with Crippen LogP contribution in [0, 0.1) is 0 Å². The second-order valence-corrected chi connectivity index (χ2v) is 18.8. The van der Waals surface area contributed by atoms with Crippen molar-refractivity contribution in [1.82, 2.24) is 5.32 Å². The molecule has 0 saturated heterocycles. The smallest absolute Gasteiger partial charge is 0.222 e. The number of aliphatic hydroxyl groups is 3. The summed E-state index contributed by atoms with van der Waals surface area (Å²) < 4.78 is 0. The van der Waals surface area contributed by atoms with Gasteiger partial charge in [-0.05, 0) is 57.8 Å². The molecule has 5 heteroatoms. The summed E-state index contributed by atoms with van der Waals surface area (Å²) in [6, 6.07) is -0.762. The minimum atomic E-state index is -0.953. The molecule has 0 spiro atoms. The molecule has 0 aromatic heterocycles. The second kappa shape index (κ2) is 51.2. The number of amides is 1. The fourth-order valence-corrected chi connectivity index (χ4v) is 8.47. The summed E-state index contributed by atoms with van der Waals surface area (Å²) in [4.78, 5) is 12.5. The van der Waals surface area contributed by atoms with Crippen LogP contribution in [0.25, 0.3) is 0 Å². The van der Waals surface area contributed by atoms with Crippen LogP contribution in [0.5, 0.6) is 0 Å². The predicted octanol–water partition coefficient (Wildman–Crippen LogP) is 16.7. The van der Waals surface area contributed by atoms with E-state index in [-0.39, 0.29) is 18.9 Å². The van der Waals surface area contributed by atoms with Crippen LogP contribution in [-0.2, 0) is 4.79 Å². The van der Waals surface area contributed by atoms with Gasteiger partial charge in [0.2, 0.25) is 5.91 Å². The minimum absolute atomic E-state index is 0.00563. The summed E-state index contributed by atoms with van der Waals surface area (Å²) in [6.45, 7) is 4.23. The van der Waals surface area contributed by atoms with Gasteiger partial charge in [-0.1, -0.05) is 262 Å². The Balaban J connectivity index is 3.61. The molecular formula is C56H107NO4. The number of nitrogens with one attached hydrogen (secondary N) is 1. The average Bonchev–Trinajstić information content (AvgIpc) is 3.25. The Morgan fingerprint density at radius 3 is 1.05 bits per heavy atom. The zero-order valence-corrected chi connectivity index (χ0v) is 41.1. The van der Waals surface area contributed by atoms with Gasteiger partial charge in [-0.15, -0.1) is 0 Å². The van der Waals surface area contributed by atoms with E-state index in [4.69, 9.17) is 0 Å². The first-order valence-corrected chi connectivity index (χ1v) is 27.3. The third-order valence-corrected chi connectivity index (χ3v) is 12.6. The van der Waals surface area contributed by atoms with Crippen molar-refractivity contribution >= 4 is 5.91 Å². The number of carbonyl (C=O) groups is 1. The van der Waals surface area contributed by atoms with Gasteiger partial charge in [0.15, 0.2) is 0 Å². The summed E-state index contributed by atoms with van der Waals surface area (Å²) in [5.41, 5.74) is 0. The fourth-order valence-electron chi connectivity index (χ4n) is 8.47. The molecule has 0 bridgehead atoms. The lowest BCUT2D eigenvalue weighted by molar-refractivity contribution is -0.124. The van der Waals surface area contributed by atoms with Crippen LogP contribution in [0.1, 0.15) is 290 Å². The Kier molecular flexibility index (Phi) is 50.0. The average molecular weight is 858 g/mol. The molecule has 61 heavy (non-hydrogen) atoms. The van der Waals surface area contributed by atoms with Crippen LogP contribution in [0.3, 0.4) is 0 Å². The van der Waals surface area contributed by atoms with Crippen molar-refractivity contribution in [1.29, 1.82) is 0 Å². The lowest BCUT2D eigenvalue weighted by Gasteiger charge is -2.21. The highest BCUT2D eigenvalue weighted by atomic mass is 16.3. The quantitative estimate of drug-likeness (QED) is 0.0362. The van der Waals surface area contributed by atoms with Gasteiger partial charge in [-0.2, -0.15) is 0 Å². The standard InChI is InChI=1S/C56H107NO4/c1-3-5-7-9-11-13-15-17-19-21-23-25-26-27-28-30-31-33-35-37-39-41-43-45-47-49-53(59)51-56(61)57-54(52-58)55(60)50-48-46-44-42-40-38-36-34-32-29-24-22-20-18-16-14-12-10-8-6-4-2/h27-28,40,42,48,50,53-55,58-60H,3-26,29-39,41,43-47,49,51-52H2,1-2H3,(H,57,61)/b28-27-,42-40+,50-48+. The molecule has 0 fully saturated rings. The number of allylic oxidation sites excluding steroid dienone is 5. The number of unbranched alkanes of at least 4 members (excludes halogenated alkanes) is 37. The van der Waals surface area contributed by atoms with Crippen LogP contribution in [0.4, 0.5) is 0 Å². The van der Waals surface area contributed by atoms with Gasteiger partial charge >= 0.3 is 0 Å². The first-order valence-electron chi connectivity index (χ1n) is 27.3. The van der Waals surface area contributed by atoms with Crippen molar-refractivity contribution in [2.24, 2.45) is 0 Å². The molecule has 0 radical (unpaired) electrons. The highest BCUT2D eigenvalue weighted by molar-refractivity contribution is 5.76. The molecule has 0 aliphatic heterocycles. The largest absolute Gasteiger partial charge is 0.394 e. The Hall–Kier alpha value is -1.43. The first-order chi connectivity index (χ1) is 30.0. The SMILES string of the molecule is CCCCCCCCCCCCCC/C=C\CCCCCCCCCCCC(O)CC(=O)NC(CO)C(O)/C=C/CC/C=C/CCCCCCCCCCCCCCCCC. The molecule has 0 aliphatic carbocycles. The molecule has 5 nitrogen and oxygen atoms in total. The monoisotopic (exact) mass is 858 g/mol. The number of hydrogen-bond acceptors (Lipinski definition) is 4. The summed E-state index contributed by atoms with van der Waals surface area (Å²) in [5.74, 6) is -0.323. The first kappa shape index (κ1) is 59.6. The molecule has 0 aliphatic rings. The Morgan fingerprint density at radius 1 is 0.410 bits per heavy atom. The number of hydrogen-bond donors (Lipinski definition) is 4. The zero-order valence-electron chi connectivity index (χ0n) is 41.1. The van der Waals surface area contributed by atoms with E-state index >= 15 is 0 Å². The summed E-state index contributed by atoms with van der Waals surface area (Å²) in [6.07, 6.45) is 66.1. The fraction of sp³-hybridized carbons (Fsp3) is 0.875. The molecule has 0 aromatic carbocycles. The summed E-state index contributed by atoms with van der Waals surface area (Å²) in [5, 5.41) is 33.4. The van der Waals surface area contributed by atoms with Crippen molar-refractivity contribution in [3.8, 4) is 0 Å². The molecule has 0 saturated carbocycles. The summed E-state index contributed by atoms with van der Waals surface area (Å²) >= 11 is 0. The maximum atomic E-state index is 12.5. The van der Waals surface area contributed by atoms with E-state index in [1.165, 1.54) is 231 Å². The van der Waals surface area contributed by atoms with Crippen LogP contribution in [0.2, 0.25) is 0 Å². The van der Waals surface area contributed by atoms with Gasteiger partial charge in [-0.3, -0.25) is 4.79 Å². The molecule has 0 rings (SSSR count). The van der Waals surface area contributed by atoms with E-state index in [1.54, 1.807) is 6.08 Å². The Morgan fingerprint density at radius 2 is 0.705 bits per heavy atom. The molecule has 360 valence electrons. The molecule has 3 unspecified atom stereocenters. The van der Waals surface area contributed by atoms with Crippen molar-refractivity contribution in [3.05, 3.63) is 36.5 Å². The van der Waals surface area contributed by atoms with Crippen LogP contribution >= 0.6 is 0 Å². The minimum Gasteiger partial charge on any atom is -0.394 e. The third kappa shape index (κ3) is 47.9.